The molecule has 5 aromatic carbocycles. The molecule has 0 aliphatic carbocycles. The van der Waals surface area contributed by atoms with Crippen LogP contribution in [0.25, 0.3) is 21.8 Å². The van der Waals surface area contributed by atoms with Gasteiger partial charge in [-0.3, -0.25) is 9.10 Å². The Hall–Kier alpha value is -4.44. The molecule has 0 radical (unpaired) electrons. The second kappa shape index (κ2) is 14.3. The minimum Gasteiger partial charge on any atom is -0.492 e. The lowest BCUT2D eigenvalue weighted by atomic mass is 10.1. The summed E-state index contributed by atoms with van der Waals surface area (Å²) in [5.41, 5.74) is 5.40. The molecule has 0 bridgehead atoms. The van der Waals surface area contributed by atoms with Crippen LogP contribution in [0.2, 0.25) is 0 Å². The molecular weight excluding hydrogens is 662 g/mol. The summed E-state index contributed by atoms with van der Waals surface area (Å²) >= 11 is 3.11. The SMILES string of the molecule is O=C(CNCCOc1ccc2c3ccccc3n(Cc3ccccc3)c2c1)c1ccc(N(Cc2ccccc2)S(=O)(=O)CBr)cc1. The number of anilines is 1. The first-order chi connectivity index (χ1) is 22.4. The van der Waals surface area contributed by atoms with E-state index >= 15 is 0 Å². The number of rotatable bonds is 14. The zero-order valence-electron chi connectivity index (χ0n) is 25.2. The number of alkyl halides is 1. The predicted octanol–water partition coefficient (Wildman–Crippen LogP) is 7.38. The van der Waals surface area contributed by atoms with Crippen molar-refractivity contribution in [3.05, 3.63) is 144 Å². The van der Waals surface area contributed by atoms with E-state index in [-0.39, 0.29) is 23.5 Å². The van der Waals surface area contributed by atoms with Gasteiger partial charge in [-0.15, -0.1) is 0 Å². The van der Waals surface area contributed by atoms with Crippen molar-refractivity contribution in [3.8, 4) is 5.75 Å². The minimum atomic E-state index is -3.59. The van der Waals surface area contributed by atoms with Crippen LogP contribution in [-0.2, 0) is 23.1 Å². The Morgan fingerprint density at radius 3 is 2.13 bits per heavy atom. The smallest absolute Gasteiger partial charge is 0.245 e. The van der Waals surface area contributed by atoms with Crippen molar-refractivity contribution in [1.29, 1.82) is 0 Å². The molecule has 0 unspecified atom stereocenters. The normalized spacial score (nSPS) is 11.6. The molecule has 0 atom stereocenters. The lowest BCUT2D eigenvalue weighted by Crippen LogP contribution is -2.31. The number of Topliss-reactive ketones (excluding diaryl/α,β-unsaturated/α-hetero) is 1. The molecule has 7 nitrogen and oxygen atoms in total. The molecule has 0 fully saturated rings. The zero-order valence-corrected chi connectivity index (χ0v) is 27.6. The van der Waals surface area contributed by atoms with Crippen LogP contribution < -0.4 is 14.4 Å². The van der Waals surface area contributed by atoms with Crippen LogP contribution in [0.1, 0.15) is 21.5 Å². The van der Waals surface area contributed by atoms with E-state index in [1.807, 2.05) is 42.5 Å². The third kappa shape index (κ3) is 7.17. The molecule has 234 valence electrons. The second-order valence-electron chi connectivity index (χ2n) is 11.0. The van der Waals surface area contributed by atoms with Gasteiger partial charge in [0.15, 0.2) is 5.78 Å². The first-order valence-corrected chi connectivity index (χ1v) is 17.8. The number of carbonyl (C=O) groups excluding carboxylic acids is 1. The van der Waals surface area contributed by atoms with Gasteiger partial charge >= 0.3 is 0 Å². The molecule has 0 aliphatic heterocycles. The van der Waals surface area contributed by atoms with E-state index in [2.05, 4.69) is 86.5 Å². The van der Waals surface area contributed by atoms with Crippen molar-refractivity contribution in [3.63, 3.8) is 0 Å². The number of hydrogen-bond donors (Lipinski definition) is 1. The number of halogens is 1. The van der Waals surface area contributed by atoms with Crippen molar-refractivity contribution in [2.24, 2.45) is 0 Å². The maximum absolute atomic E-state index is 12.9. The van der Waals surface area contributed by atoms with Gasteiger partial charge in [-0.1, -0.05) is 94.8 Å². The molecule has 46 heavy (non-hydrogen) atoms. The number of fused-ring (bicyclic) bond motifs is 3. The largest absolute Gasteiger partial charge is 0.492 e. The fraction of sp³-hybridized carbons (Fsp3) is 0.162. The maximum atomic E-state index is 12.9. The van der Waals surface area contributed by atoms with Gasteiger partial charge in [-0.25, -0.2) is 8.42 Å². The van der Waals surface area contributed by atoms with E-state index in [0.29, 0.717) is 24.4 Å². The minimum absolute atomic E-state index is 0.0867. The van der Waals surface area contributed by atoms with Gasteiger partial charge in [0.25, 0.3) is 0 Å². The Morgan fingerprint density at radius 1 is 0.761 bits per heavy atom. The number of aromatic nitrogens is 1. The van der Waals surface area contributed by atoms with E-state index in [1.54, 1.807) is 24.3 Å². The average Bonchev–Trinajstić information content (AvgIpc) is 3.40. The number of ether oxygens (including phenoxy) is 1. The highest BCUT2D eigenvalue weighted by molar-refractivity contribution is 9.10. The first-order valence-electron chi connectivity index (χ1n) is 15.0. The van der Waals surface area contributed by atoms with Crippen molar-refractivity contribution in [1.82, 2.24) is 9.88 Å². The van der Waals surface area contributed by atoms with Gasteiger partial charge in [-0.05, 0) is 53.6 Å². The number of carbonyl (C=O) groups is 1. The third-order valence-electron chi connectivity index (χ3n) is 7.88. The second-order valence-corrected chi connectivity index (χ2v) is 14.2. The van der Waals surface area contributed by atoms with Gasteiger partial charge in [0.05, 0.1) is 24.3 Å². The summed E-state index contributed by atoms with van der Waals surface area (Å²) in [5.74, 6) is 0.683. The standard InChI is InChI=1S/C37H34BrN3O4S/c38-27-46(43,44)41(26-29-11-5-2-6-12-29)31-17-15-30(16-18-31)37(42)24-39-21-22-45-32-19-20-34-33-13-7-8-14-35(33)40(36(34)23-32)25-28-9-3-1-4-10-28/h1-20,23,39H,21-22,24-27H2. The Bertz CT molecular complexity index is 2050. The summed E-state index contributed by atoms with van der Waals surface area (Å²) in [4.78, 5) is 12.9. The highest BCUT2D eigenvalue weighted by Gasteiger charge is 2.22. The van der Waals surface area contributed by atoms with Gasteiger partial charge in [0.2, 0.25) is 10.0 Å². The molecular formula is C37H34BrN3O4S. The van der Waals surface area contributed by atoms with Gasteiger partial charge in [-0.2, -0.15) is 0 Å². The number of ketones is 1. The van der Waals surface area contributed by atoms with Crippen molar-refractivity contribution in [2.75, 3.05) is 28.7 Å². The molecule has 0 amide bonds. The van der Waals surface area contributed by atoms with Crippen molar-refractivity contribution < 1.29 is 17.9 Å². The molecule has 0 saturated heterocycles. The molecule has 0 aliphatic rings. The third-order valence-corrected chi connectivity index (χ3v) is 10.9. The average molecular weight is 697 g/mol. The number of nitrogens with zero attached hydrogens (tertiary/aromatic N) is 2. The summed E-state index contributed by atoms with van der Waals surface area (Å²) < 4.78 is 35.2. The molecule has 6 aromatic rings. The van der Waals surface area contributed by atoms with Crippen LogP contribution in [0.15, 0.2) is 127 Å². The van der Waals surface area contributed by atoms with E-state index in [9.17, 15) is 13.2 Å². The van der Waals surface area contributed by atoms with E-state index < -0.39 is 10.0 Å². The molecule has 0 saturated carbocycles. The van der Waals surface area contributed by atoms with Crippen molar-refractivity contribution in [2.45, 2.75) is 13.1 Å². The number of nitrogens with one attached hydrogen (secondary N) is 1. The predicted molar refractivity (Wildman–Crippen MR) is 189 cm³/mol. The van der Waals surface area contributed by atoms with Crippen LogP contribution in [0.4, 0.5) is 5.69 Å². The highest BCUT2D eigenvalue weighted by Crippen LogP contribution is 2.32. The van der Waals surface area contributed by atoms with E-state index in [0.717, 1.165) is 23.4 Å². The number of sulfonamides is 1. The van der Waals surface area contributed by atoms with Crippen LogP contribution in [0.3, 0.4) is 0 Å². The van der Waals surface area contributed by atoms with E-state index in [4.69, 9.17) is 4.74 Å². The summed E-state index contributed by atoms with van der Waals surface area (Å²) in [6.45, 7) is 1.99. The first kappa shape index (κ1) is 31.5. The van der Waals surface area contributed by atoms with Crippen LogP contribution in [0.5, 0.6) is 5.75 Å². The molecule has 1 N–H and O–H groups in total. The lowest BCUT2D eigenvalue weighted by Gasteiger charge is -2.23. The van der Waals surface area contributed by atoms with Crippen molar-refractivity contribution >= 4 is 59.2 Å². The summed E-state index contributed by atoms with van der Waals surface area (Å²) in [6, 6.07) is 41.1. The Balaban J connectivity index is 1.06. The topological polar surface area (TPSA) is 80.6 Å². The number of hydrogen-bond acceptors (Lipinski definition) is 5. The molecule has 6 rings (SSSR count). The molecule has 1 heterocycles. The van der Waals surface area contributed by atoms with E-state index in [1.165, 1.54) is 26.2 Å². The number of para-hydroxylation sites is 1. The van der Waals surface area contributed by atoms with Crippen LogP contribution in [-0.4, -0.2) is 43.1 Å². The van der Waals surface area contributed by atoms with Crippen LogP contribution >= 0.6 is 15.9 Å². The number of benzene rings is 5. The highest BCUT2D eigenvalue weighted by atomic mass is 79.9. The fourth-order valence-corrected chi connectivity index (χ4v) is 7.22. The fourth-order valence-electron chi connectivity index (χ4n) is 5.57. The lowest BCUT2D eigenvalue weighted by molar-refractivity contribution is 0.0990. The molecule has 0 spiro atoms. The Kier molecular flexibility index (Phi) is 9.82. The summed E-state index contributed by atoms with van der Waals surface area (Å²) in [6.07, 6.45) is 0. The van der Waals surface area contributed by atoms with Gasteiger partial charge in [0.1, 0.15) is 17.0 Å². The summed E-state index contributed by atoms with van der Waals surface area (Å²) in [5, 5.41) is 5.56. The zero-order chi connectivity index (χ0) is 31.9. The van der Waals surface area contributed by atoms with Crippen LogP contribution in [0, 0.1) is 0 Å². The monoisotopic (exact) mass is 695 g/mol. The Morgan fingerprint density at radius 2 is 1.41 bits per heavy atom. The quantitative estimate of drug-likeness (QED) is 0.0731. The van der Waals surface area contributed by atoms with Gasteiger partial charge in [0, 0.05) is 41.0 Å². The van der Waals surface area contributed by atoms with Gasteiger partial charge < -0.3 is 14.6 Å². The maximum Gasteiger partial charge on any atom is 0.245 e. The molecule has 1 aromatic heterocycles. The summed E-state index contributed by atoms with van der Waals surface area (Å²) in [7, 11) is -3.59. The Labute approximate surface area is 277 Å². The molecule has 9 heteroatoms.